The molecule has 0 N–H and O–H groups in total. The summed E-state index contributed by atoms with van der Waals surface area (Å²) in [6, 6.07) is 11.0. The molecule has 0 saturated heterocycles. The minimum absolute atomic E-state index is 0.653. The maximum absolute atomic E-state index is 5.75. The van der Waals surface area contributed by atoms with Crippen LogP contribution in [0.4, 0.5) is 0 Å². The van der Waals surface area contributed by atoms with Crippen molar-refractivity contribution in [3.05, 3.63) is 35.9 Å². The van der Waals surface area contributed by atoms with Gasteiger partial charge in [-0.2, -0.15) is 0 Å². The van der Waals surface area contributed by atoms with Gasteiger partial charge in [-0.15, -0.1) is 0 Å². The normalized spacial score (nSPS) is 12.9. The van der Waals surface area contributed by atoms with Gasteiger partial charge < -0.3 is 0 Å². The van der Waals surface area contributed by atoms with Crippen LogP contribution in [0.5, 0.6) is 0 Å². The maximum atomic E-state index is 5.75. The zero-order chi connectivity index (χ0) is 13.2. The van der Waals surface area contributed by atoms with Crippen molar-refractivity contribution in [1.82, 2.24) is 4.90 Å². The van der Waals surface area contributed by atoms with Gasteiger partial charge in [-0.3, -0.25) is 0 Å². The Morgan fingerprint density at radius 2 is 1.89 bits per heavy atom. The Kier molecular flexibility index (Phi) is 8.46. The van der Waals surface area contributed by atoms with Crippen molar-refractivity contribution in [2.45, 2.75) is 37.0 Å². The van der Waals surface area contributed by atoms with Gasteiger partial charge in [0.2, 0.25) is 0 Å². The summed E-state index contributed by atoms with van der Waals surface area (Å²) in [5.41, 5.74) is 1.26. The summed E-state index contributed by atoms with van der Waals surface area (Å²) in [5.74, 6) is 0. The molecule has 0 amide bonds. The van der Waals surface area contributed by atoms with Crippen LogP contribution in [-0.4, -0.2) is 49.4 Å². The molecule has 3 heteroatoms. The van der Waals surface area contributed by atoms with Crippen LogP contribution in [0.25, 0.3) is 0 Å². The molecule has 0 fully saturated rings. The molecule has 0 aliphatic heterocycles. The molecule has 1 aromatic rings. The van der Waals surface area contributed by atoms with Crippen molar-refractivity contribution in [3.8, 4) is 0 Å². The standard InChI is InChI=1S/C15H24NO.Li/c1-4-8-15(16(2)3)11-12-17-13-14-9-6-5-7-10-14;/h5-7,9-10,15H,1,4,8,11-13H2,2-3H3;. The van der Waals surface area contributed by atoms with Gasteiger partial charge in [-0.1, -0.05) is 0 Å². The number of nitrogens with zero attached hydrogens (tertiary/aromatic N) is 1. The molecule has 0 aliphatic carbocycles. The second-order valence-electron chi connectivity index (χ2n) is 5.09. The number of rotatable bonds is 9. The van der Waals surface area contributed by atoms with Crippen molar-refractivity contribution in [3.63, 3.8) is 0 Å². The van der Waals surface area contributed by atoms with Gasteiger partial charge in [0.15, 0.2) is 0 Å². The van der Waals surface area contributed by atoms with E-state index in [-0.39, 0.29) is 0 Å². The zero-order valence-corrected chi connectivity index (χ0v) is 12.1. The number of ether oxygens (including phenoxy) is 1. The van der Waals surface area contributed by atoms with Gasteiger partial charge >= 0.3 is 121 Å². The fourth-order valence-electron chi connectivity index (χ4n) is 2.08. The van der Waals surface area contributed by atoms with Crippen molar-refractivity contribution < 1.29 is 4.74 Å². The Bertz CT molecular complexity index is 303. The molecule has 18 heavy (non-hydrogen) atoms. The molecular formula is C15H24LiNO. The van der Waals surface area contributed by atoms with Gasteiger partial charge in [0, 0.05) is 0 Å². The summed E-state index contributed by atoms with van der Waals surface area (Å²) in [7, 11) is 4.33. The van der Waals surface area contributed by atoms with Gasteiger partial charge in [-0.05, 0) is 0 Å². The van der Waals surface area contributed by atoms with E-state index in [1.807, 2.05) is 6.07 Å². The van der Waals surface area contributed by atoms with Crippen molar-refractivity contribution in [1.29, 1.82) is 0 Å². The van der Waals surface area contributed by atoms with Crippen LogP contribution in [0, 0.1) is 0 Å². The molecule has 1 rings (SSSR count). The van der Waals surface area contributed by atoms with Gasteiger partial charge in [0.05, 0.1) is 0 Å². The summed E-state index contributed by atoms with van der Waals surface area (Å²) in [4.78, 5) is 2.32. The second-order valence-corrected chi connectivity index (χ2v) is 5.09. The minimum atomic E-state index is 0.653. The topological polar surface area (TPSA) is 12.5 Å². The number of benzene rings is 1. The van der Waals surface area contributed by atoms with Crippen LogP contribution < -0.4 is 0 Å². The third kappa shape index (κ3) is 6.61. The van der Waals surface area contributed by atoms with E-state index in [2.05, 4.69) is 61.0 Å². The van der Waals surface area contributed by atoms with Crippen LogP contribution in [-0.2, 0) is 11.3 Å². The van der Waals surface area contributed by atoms with E-state index in [9.17, 15) is 0 Å². The summed E-state index contributed by atoms with van der Waals surface area (Å²) < 4.78 is 5.75. The second kappa shape index (κ2) is 9.64. The fourth-order valence-corrected chi connectivity index (χ4v) is 2.08. The Balaban J connectivity index is 2.18. The first-order chi connectivity index (χ1) is 8.74. The van der Waals surface area contributed by atoms with E-state index in [1.54, 1.807) is 0 Å². The van der Waals surface area contributed by atoms with Crippen molar-refractivity contribution >= 4 is 17.7 Å². The molecule has 0 radical (unpaired) electrons. The van der Waals surface area contributed by atoms with Gasteiger partial charge in [-0.25, -0.2) is 0 Å². The Hall–Kier alpha value is -0.263. The van der Waals surface area contributed by atoms with E-state index >= 15 is 0 Å². The quantitative estimate of drug-likeness (QED) is 0.487. The Labute approximate surface area is 121 Å². The van der Waals surface area contributed by atoms with Gasteiger partial charge in [0.25, 0.3) is 0 Å². The molecule has 0 bridgehead atoms. The molecule has 96 valence electrons. The zero-order valence-electron chi connectivity index (χ0n) is 12.1. The molecule has 1 aromatic carbocycles. The molecule has 0 heterocycles. The van der Waals surface area contributed by atoms with Crippen molar-refractivity contribution in [2.24, 2.45) is 0 Å². The van der Waals surface area contributed by atoms with Gasteiger partial charge in [0.1, 0.15) is 0 Å². The van der Waals surface area contributed by atoms with Crippen LogP contribution in [0.15, 0.2) is 30.3 Å². The third-order valence-electron chi connectivity index (χ3n) is 3.33. The van der Waals surface area contributed by atoms with E-state index in [0.717, 1.165) is 19.6 Å². The summed E-state index contributed by atoms with van der Waals surface area (Å²) in [6.45, 7) is 1.58. The predicted molar refractivity (Wildman–Crippen MR) is 78.0 cm³/mol. The van der Waals surface area contributed by atoms with E-state index in [4.69, 9.17) is 4.74 Å². The summed E-state index contributed by atoms with van der Waals surface area (Å²) in [5, 5.41) is 1.27. The SMILES string of the molecule is [Li][CH2]CCC(CCOCc1ccccc1)N(C)C. The first-order valence-electron chi connectivity index (χ1n) is 7.02. The van der Waals surface area contributed by atoms with Crippen LogP contribution in [0.1, 0.15) is 24.8 Å². The average molecular weight is 241 g/mol. The fraction of sp³-hybridized carbons (Fsp3) is 0.600. The first-order valence-corrected chi connectivity index (χ1v) is 7.02. The molecular weight excluding hydrogens is 217 g/mol. The average Bonchev–Trinajstić information content (AvgIpc) is 2.38. The number of hydrogen-bond donors (Lipinski definition) is 0. The van der Waals surface area contributed by atoms with Crippen LogP contribution in [0.3, 0.4) is 0 Å². The molecule has 0 saturated carbocycles. The molecule has 1 unspecified atom stereocenters. The Morgan fingerprint density at radius 3 is 2.50 bits per heavy atom. The number of hydrogen-bond acceptors (Lipinski definition) is 2. The van der Waals surface area contributed by atoms with Crippen LogP contribution in [0.2, 0.25) is 5.09 Å². The van der Waals surface area contributed by atoms with E-state index < -0.39 is 0 Å². The molecule has 2 nitrogen and oxygen atoms in total. The van der Waals surface area contributed by atoms with E-state index in [0.29, 0.717) is 6.04 Å². The summed E-state index contributed by atoms with van der Waals surface area (Å²) >= 11 is 2.25. The monoisotopic (exact) mass is 241 g/mol. The molecule has 0 spiro atoms. The van der Waals surface area contributed by atoms with Crippen molar-refractivity contribution in [2.75, 3.05) is 20.7 Å². The van der Waals surface area contributed by atoms with Crippen LogP contribution >= 0.6 is 0 Å². The molecule has 1 atom stereocenters. The molecule has 0 aliphatic rings. The van der Waals surface area contributed by atoms with E-state index in [1.165, 1.54) is 23.5 Å². The first kappa shape index (κ1) is 15.8. The third-order valence-corrected chi connectivity index (χ3v) is 3.33. The summed E-state index contributed by atoms with van der Waals surface area (Å²) in [6.07, 6.45) is 3.71. The Morgan fingerprint density at radius 1 is 1.17 bits per heavy atom. The molecule has 0 aromatic heterocycles. The predicted octanol–water partition coefficient (Wildman–Crippen LogP) is 2.89.